The highest BCUT2D eigenvalue weighted by Crippen LogP contribution is 2.32. The maximum absolute atomic E-state index is 13.1. The number of nitro benzene ring substituents is 1. The summed E-state index contributed by atoms with van der Waals surface area (Å²) in [6, 6.07) is 13.8. The molecule has 5 heteroatoms. The number of nitrogens with zero attached hydrogens (tertiary/aromatic N) is 2. The zero-order valence-electron chi connectivity index (χ0n) is 13.1. The molecule has 0 atom stereocenters. The number of para-hydroxylation sites is 1. The predicted molar refractivity (Wildman–Crippen MR) is 91.4 cm³/mol. The smallest absolute Gasteiger partial charge is 0.269 e. The van der Waals surface area contributed by atoms with Crippen molar-refractivity contribution in [2.75, 3.05) is 0 Å². The Kier molecular flexibility index (Phi) is 3.41. The van der Waals surface area contributed by atoms with Crippen LogP contribution in [0.2, 0.25) is 0 Å². The molecule has 0 amide bonds. The van der Waals surface area contributed by atoms with Crippen LogP contribution < -0.4 is 0 Å². The van der Waals surface area contributed by atoms with Gasteiger partial charge in [0.15, 0.2) is 0 Å². The van der Waals surface area contributed by atoms with Crippen LogP contribution in [0.4, 0.5) is 5.69 Å². The van der Waals surface area contributed by atoms with Crippen molar-refractivity contribution in [1.29, 1.82) is 0 Å². The number of non-ortho nitro benzene ring substituents is 1. The van der Waals surface area contributed by atoms with Gasteiger partial charge in [-0.1, -0.05) is 18.2 Å². The Labute approximate surface area is 138 Å². The van der Waals surface area contributed by atoms with Crippen LogP contribution in [-0.2, 0) is 12.8 Å². The Morgan fingerprint density at radius 1 is 1.00 bits per heavy atom. The van der Waals surface area contributed by atoms with E-state index in [0.29, 0.717) is 5.56 Å². The Bertz CT molecular complexity index is 955. The first kappa shape index (κ1) is 14.6. The zero-order chi connectivity index (χ0) is 16.7. The second kappa shape index (κ2) is 5.60. The fourth-order valence-electron chi connectivity index (χ4n) is 3.58. The lowest BCUT2D eigenvalue weighted by molar-refractivity contribution is -0.384. The van der Waals surface area contributed by atoms with Crippen LogP contribution in [0.15, 0.2) is 48.5 Å². The van der Waals surface area contributed by atoms with Crippen molar-refractivity contribution in [1.82, 2.24) is 4.57 Å². The highest BCUT2D eigenvalue weighted by atomic mass is 16.6. The Morgan fingerprint density at radius 3 is 2.46 bits per heavy atom. The second-order valence-electron chi connectivity index (χ2n) is 6.09. The molecule has 0 saturated heterocycles. The van der Waals surface area contributed by atoms with Crippen molar-refractivity contribution in [2.45, 2.75) is 25.7 Å². The molecule has 0 radical (unpaired) electrons. The van der Waals surface area contributed by atoms with E-state index in [-0.39, 0.29) is 11.6 Å². The summed E-state index contributed by atoms with van der Waals surface area (Å²) in [4.78, 5) is 23.4. The van der Waals surface area contributed by atoms with E-state index in [0.717, 1.165) is 42.3 Å². The summed E-state index contributed by atoms with van der Waals surface area (Å²) in [7, 11) is 0. The van der Waals surface area contributed by atoms with Crippen LogP contribution in [-0.4, -0.2) is 15.4 Å². The van der Waals surface area contributed by atoms with Gasteiger partial charge in [-0.05, 0) is 49.4 Å². The largest absolute Gasteiger partial charge is 0.280 e. The van der Waals surface area contributed by atoms with E-state index >= 15 is 0 Å². The average molecular weight is 320 g/mol. The minimum atomic E-state index is -0.457. The van der Waals surface area contributed by atoms with Gasteiger partial charge in [0, 0.05) is 28.8 Å². The predicted octanol–water partition coefficient (Wildman–Crippen LogP) is 4.12. The average Bonchev–Trinajstić information content (AvgIpc) is 2.96. The molecule has 0 unspecified atom stereocenters. The van der Waals surface area contributed by atoms with Crippen molar-refractivity contribution >= 4 is 22.5 Å². The molecule has 0 N–H and O–H groups in total. The fraction of sp³-hybridized carbons (Fsp3) is 0.211. The van der Waals surface area contributed by atoms with Crippen LogP contribution >= 0.6 is 0 Å². The first-order chi connectivity index (χ1) is 11.7. The summed E-state index contributed by atoms with van der Waals surface area (Å²) in [5, 5.41) is 11.9. The van der Waals surface area contributed by atoms with Crippen molar-refractivity contribution in [3.63, 3.8) is 0 Å². The molecule has 24 heavy (non-hydrogen) atoms. The number of carbonyl (C=O) groups excluding carboxylic acids is 1. The third-order valence-corrected chi connectivity index (χ3v) is 4.71. The molecule has 0 bridgehead atoms. The molecular weight excluding hydrogens is 304 g/mol. The highest BCUT2D eigenvalue weighted by molar-refractivity contribution is 6.04. The van der Waals surface area contributed by atoms with Crippen molar-refractivity contribution in [3.05, 3.63) is 75.5 Å². The van der Waals surface area contributed by atoms with E-state index in [1.807, 2.05) is 18.2 Å². The number of aromatic nitrogens is 1. The lowest BCUT2D eigenvalue weighted by Crippen LogP contribution is -2.17. The van der Waals surface area contributed by atoms with Crippen molar-refractivity contribution in [2.24, 2.45) is 0 Å². The van der Waals surface area contributed by atoms with E-state index in [2.05, 4.69) is 6.07 Å². The topological polar surface area (TPSA) is 65.1 Å². The summed E-state index contributed by atoms with van der Waals surface area (Å²) in [6.45, 7) is 0. The summed E-state index contributed by atoms with van der Waals surface area (Å²) in [5.74, 6) is -0.121. The summed E-state index contributed by atoms with van der Waals surface area (Å²) < 4.78 is 1.80. The van der Waals surface area contributed by atoms with Gasteiger partial charge in [-0.15, -0.1) is 0 Å². The normalized spacial score (nSPS) is 13.7. The van der Waals surface area contributed by atoms with E-state index in [1.165, 1.54) is 29.8 Å². The molecule has 1 heterocycles. The lowest BCUT2D eigenvalue weighted by Gasteiger charge is -2.15. The Balaban J connectivity index is 1.86. The molecule has 1 aliphatic rings. The molecular formula is C19H16N2O3. The van der Waals surface area contributed by atoms with Gasteiger partial charge >= 0.3 is 0 Å². The van der Waals surface area contributed by atoms with E-state index in [4.69, 9.17) is 0 Å². The van der Waals surface area contributed by atoms with Crippen LogP contribution in [0.5, 0.6) is 0 Å². The van der Waals surface area contributed by atoms with Gasteiger partial charge < -0.3 is 0 Å². The SMILES string of the molecule is O=C(c1ccc([N+](=O)[O-])cc1)n1c2c(c3ccccc31)CCCC2. The van der Waals surface area contributed by atoms with Crippen LogP contribution in [0.25, 0.3) is 10.9 Å². The number of hydrogen-bond acceptors (Lipinski definition) is 3. The van der Waals surface area contributed by atoms with Gasteiger partial charge in [0.2, 0.25) is 0 Å². The number of hydrogen-bond donors (Lipinski definition) is 0. The summed E-state index contributed by atoms with van der Waals surface area (Å²) >= 11 is 0. The molecule has 0 aliphatic heterocycles. The van der Waals surface area contributed by atoms with E-state index in [9.17, 15) is 14.9 Å². The first-order valence-corrected chi connectivity index (χ1v) is 8.07. The van der Waals surface area contributed by atoms with Gasteiger partial charge in [0.05, 0.1) is 10.4 Å². The first-order valence-electron chi connectivity index (χ1n) is 8.07. The molecule has 4 rings (SSSR count). The number of aryl methyl sites for hydroxylation is 1. The van der Waals surface area contributed by atoms with Crippen LogP contribution in [0.1, 0.15) is 34.5 Å². The number of fused-ring (bicyclic) bond motifs is 3. The quantitative estimate of drug-likeness (QED) is 0.527. The van der Waals surface area contributed by atoms with Crippen molar-refractivity contribution < 1.29 is 9.72 Å². The molecule has 2 aromatic carbocycles. The van der Waals surface area contributed by atoms with E-state index < -0.39 is 4.92 Å². The summed E-state index contributed by atoms with van der Waals surface area (Å²) in [5.41, 5.74) is 3.74. The minimum Gasteiger partial charge on any atom is -0.280 e. The molecule has 1 aliphatic carbocycles. The maximum Gasteiger partial charge on any atom is 0.269 e. The van der Waals surface area contributed by atoms with Crippen LogP contribution in [0.3, 0.4) is 0 Å². The highest BCUT2D eigenvalue weighted by Gasteiger charge is 2.24. The minimum absolute atomic E-state index is 0.00839. The molecule has 5 nitrogen and oxygen atoms in total. The maximum atomic E-state index is 13.1. The molecule has 0 fully saturated rings. The number of carbonyl (C=O) groups is 1. The number of benzene rings is 2. The van der Waals surface area contributed by atoms with Crippen LogP contribution in [0, 0.1) is 10.1 Å². The Hall–Kier alpha value is -2.95. The van der Waals surface area contributed by atoms with Crippen molar-refractivity contribution in [3.8, 4) is 0 Å². The number of rotatable bonds is 2. The van der Waals surface area contributed by atoms with Gasteiger partial charge in [0.1, 0.15) is 0 Å². The monoisotopic (exact) mass is 320 g/mol. The molecule has 120 valence electrons. The molecule has 0 spiro atoms. The lowest BCUT2D eigenvalue weighted by atomic mass is 9.95. The third kappa shape index (κ3) is 2.21. The Morgan fingerprint density at radius 2 is 1.71 bits per heavy atom. The number of nitro groups is 1. The van der Waals surface area contributed by atoms with Gasteiger partial charge in [-0.2, -0.15) is 0 Å². The molecule has 3 aromatic rings. The van der Waals surface area contributed by atoms with E-state index in [1.54, 1.807) is 4.57 Å². The second-order valence-corrected chi connectivity index (χ2v) is 6.09. The zero-order valence-corrected chi connectivity index (χ0v) is 13.1. The van der Waals surface area contributed by atoms with Gasteiger partial charge in [-0.25, -0.2) is 0 Å². The molecule has 0 saturated carbocycles. The third-order valence-electron chi connectivity index (χ3n) is 4.71. The fourth-order valence-corrected chi connectivity index (χ4v) is 3.58. The van der Waals surface area contributed by atoms with Gasteiger partial charge in [0.25, 0.3) is 11.6 Å². The molecule has 1 aromatic heterocycles. The standard InChI is InChI=1S/C19H16N2O3/c22-19(13-9-11-14(12-10-13)21(23)24)20-17-7-3-1-5-15(17)16-6-2-4-8-18(16)20/h1,3,5,7,9-12H,2,4,6,8H2. The summed E-state index contributed by atoms with van der Waals surface area (Å²) in [6.07, 6.45) is 4.11. The van der Waals surface area contributed by atoms with Gasteiger partial charge in [-0.3, -0.25) is 19.5 Å².